The van der Waals surface area contributed by atoms with E-state index in [1.54, 1.807) is 7.11 Å². The van der Waals surface area contributed by atoms with Gasteiger partial charge in [0.2, 0.25) is 0 Å². The Hall–Kier alpha value is -2.34. The lowest BCUT2D eigenvalue weighted by atomic mass is 10.1. The lowest BCUT2D eigenvalue weighted by Crippen LogP contribution is -2.46. The molecule has 1 aliphatic rings. The van der Waals surface area contributed by atoms with Gasteiger partial charge in [0, 0.05) is 20.2 Å². The number of methoxy groups -OCH3 is 1. The monoisotopic (exact) mass is 342 g/mol. The maximum atomic E-state index is 12.5. The molecule has 0 radical (unpaired) electrons. The number of aromatic amines is 1. The number of imidazole rings is 1. The van der Waals surface area contributed by atoms with Gasteiger partial charge in [-0.05, 0) is 24.8 Å². The van der Waals surface area contributed by atoms with E-state index >= 15 is 0 Å². The van der Waals surface area contributed by atoms with Crippen LogP contribution in [0.15, 0.2) is 36.5 Å². The van der Waals surface area contributed by atoms with Crippen molar-refractivity contribution in [2.24, 2.45) is 0 Å². The summed E-state index contributed by atoms with van der Waals surface area (Å²) >= 11 is 0. The van der Waals surface area contributed by atoms with Crippen molar-refractivity contribution in [1.82, 2.24) is 20.2 Å². The molecule has 2 heterocycles. The fourth-order valence-electron chi connectivity index (χ4n) is 3.18. The third-order valence-electron chi connectivity index (χ3n) is 4.78. The number of benzene rings is 1. The van der Waals surface area contributed by atoms with Crippen molar-refractivity contribution >= 4 is 6.03 Å². The van der Waals surface area contributed by atoms with Crippen LogP contribution in [0.1, 0.15) is 38.1 Å². The minimum Gasteiger partial charge on any atom is -0.381 e. The largest absolute Gasteiger partial charge is 0.381 e. The van der Waals surface area contributed by atoms with E-state index < -0.39 is 0 Å². The Morgan fingerprint density at radius 3 is 2.72 bits per heavy atom. The molecule has 2 amide bonds. The van der Waals surface area contributed by atoms with Crippen LogP contribution in [0.2, 0.25) is 0 Å². The van der Waals surface area contributed by atoms with Crippen molar-refractivity contribution in [3.05, 3.63) is 42.4 Å². The lowest BCUT2D eigenvalue weighted by Gasteiger charge is -2.32. The van der Waals surface area contributed by atoms with Gasteiger partial charge in [-0.1, -0.05) is 37.3 Å². The van der Waals surface area contributed by atoms with Crippen molar-refractivity contribution in [2.75, 3.05) is 20.2 Å². The zero-order chi connectivity index (χ0) is 17.6. The molecule has 1 saturated heterocycles. The highest BCUT2D eigenvalue weighted by Gasteiger charge is 2.25. The molecule has 2 N–H and O–H groups in total. The van der Waals surface area contributed by atoms with Gasteiger partial charge in [0.25, 0.3) is 0 Å². The summed E-state index contributed by atoms with van der Waals surface area (Å²) in [6.07, 6.45) is 4.65. The number of piperidine rings is 1. The third-order valence-corrected chi connectivity index (χ3v) is 4.78. The van der Waals surface area contributed by atoms with Crippen molar-refractivity contribution in [2.45, 2.75) is 38.3 Å². The average Bonchev–Trinajstić information content (AvgIpc) is 3.16. The molecule has 134 valence electrons. The first-order valence-corrected chi connectivity index (χ1v) is 8.89. The van der Waals surface area contributed by atoms with Crippen molar-refractivity contribution in [3.63, 3.8) is 0 Å². The fraction of sp³-hybridized carbons (Fsp3) is 0.474. The van der Waals surface area contributed by atoms with Gasteiger partial charge in [0.1, 0.15) is 5.82 Å². The first-order valence-electron chi connectivity index (χ1n) is 8.89. The van der Waals surface area contributed by atoms with Crippen molar-refractivity contribution < 1.29 is 9.53 Å². The zero-order valence-electron chi connectivity index (χ0n) is 14.9. The summed E-state index contributed by atoms with van der Waals surface area (Å²) in [4.78, 5) is 22.2. The van der Waals surface area contributed by atoms with E-state index in [4.69, 9.17) is 4.74 Å². The highest BCUT2D eigenvalue weighted by atomic mass is 16.5. The Morgan fingerprint density at radius 1 is 1.36 bits per heavy atom. The third kappa shape index (κ3) is 4.20. The minimum atomic E-state index is -0.120. The molecule has 3 rings (SSSR count). The molecule has 0 bridgehead atoms. The molecule has 1 aliphatic heterocycles. The molecule has 1 unspecified atom stereocenters. The molecule has 1 aromatic heterocycles. The predicted octanol–water partition coefficient (Wildman–Crippen LogP) is 3.35. The highest BCUT2D eigenvalue weighted by molar-refractivity contribution is 5.74. The Morgan fingerprint density at radius 2 is 2.08 bits per heavy atom. The Labute approximate surface area is 148 Å². The fourth-order valence-corrected chi connectivity index (χ4v) is 3.18. The summed E-state index contributed by atoms with van der Waals surface area (Å²) in [7, 11) is 1.73. The number of nitrogens with zero attached hydrogens (tertiary/aromatic N) is 2. The first-order chi connectivity index (χ1) is 12.2. The predicted molar refractivity (Wildman–Crippen MR) is 97.2 cm³/mol. The molecule has 1 aromatic carbocycles. The number of likely N-dealkylation sites (tertiary alicyclic amines) is 1. The number of rotatable bonds is 5. The van der Waals surface area contributed by atoms with Crippen molar-refractivity contribution in [3.8, 4) is 11.3 Å². The van der Waals surface area contributed by atoms with Crippen LogP contribution in [-0.4, -0.2) is 47.2 Å². The van der Waals surface area contributed by atoms with Gasteiger partial charge in [0.15, 0.2) is 0 Å². The van der Waals surface area contributed by atoms with Crippen LogP contribution in [0.4, 0.5) is 4.79 Å². The van der Waals surface area contributed by atoms with E-state index in [1.165, 1.54) is 0 Å². The van der Waals surface area contributed by atoms with E-state index in [-0.39, 0.29) is 18.2 Å². The molecule has 1 fully saturated rings. The van der Waals surface area contributed by atoms with Gasteiger partial charge in [0.05, 0.1) is 24.0 Å². The van der Waals surface area contributed by atoms with Gasteiger partial charge in [-0.15, -0.1) is 0 Å². The van der Waals surface area contributed by atoms with Crippen LogP contribution in [0.5, 0.6) is 0 Å². The molecule has 25 heavy (non-hydrogen) atoms. The van der Waals surface area contributed by atoms with Crippen LogP contribution in [0, 0.1) is 0 Å². The van der Waals surface area contributed by atoms with E-state index in [0.29, 0.717) is 0 Å². The summed E-state index contributed by atoms with van der Waals surface area (Å²) < 4.78 is 5.36. The summed E-state index contributed by atoms with van der Waals surface area (Å²) in [6, 6.07) is 9.91. The summed E-state index contributed by atoms with van der Waals surface area (Å²) in [6.45, 7) is 3.51. The normalized spacial score (nSPS) is 16.6. The molecule has 1 atom stereocenters. The van der Waals surface area contributed by atoms with Crippen LogP contribution in [-0.2, 0) is 4.74 Å². The maximum Gasteiger partial charge on any atom is 0.317 e. The molecule has 0 spiro atoms. The number of hydrogen-bond donors (Lipinski definition) is 2. The van der Waals surface area contributed by atoms with Gasteiger partial charge < -0.3 is 19.9 Å². The van der Waals surface area contributed by atoms with Crippen LogP contribution >= 0.6 is 0 Å². The molecule has 6 heteroatoms. The number of H-pyrrole nitrogens is 1. The molecule has 0 saturated carbocycles. The van der Waals surface area contributed by atoms with Gasteiger partial charge >= 0.3 is 6.03 Å². The van der Waals surface area contributed by atoms with Crippen molar-refractivity contribution in [1.29, 1.82) is 0 Å². The number of urea groups is 1. The number of carbonyl (C=O) groups is 1. The molecular weight excluding hydrogens is 316 g/mol. The quantitative estimate of drug-likeness (QED) is 0.875. The number of amides is 2. The van der Waals surface area contributed by atoms with Gasteiger partial charge in [-0.3, -0.25) is 0 Å². The van der Waals surface area contributed by atoms with E-state index in [2.05, 4.69) is 15.3 Å². The molecule has 6 nitrogen and oxygen atoms in total. The van der Waals surface area contributed by atoms with Gasteiger partial charge in [-0.25, -0.2) is 9.78 Å². The van der Waals surface area contributed by atoms with E-state index in [0.717, 1.165) is 49.4 Å². The highest BCUT2D eigenvalue weighted by Crippen LogP contribution is 2.21. The smallest absolute Gasteiger partial charge is 0.317 e. The van der Waals surface area contributed by atoms with Crippen LogP contribution in [0.25, 0.3) is 11.3 Å². The number of carbonyl (C=O) groups excluding carboxylic acids is 1. The summed E-state index contributed by atoms with van der Waals surface area (Å²) in [5, 5.41) is 3.10. The maximum absolute atomic E-state index is 12.5. The van der Waals surface area contributed by atoms with Gasteiger partial charge in [-0.2, -0.15) is 0 Å². The first kappa shape index (κ1) is 17.5. The zero-order valence-corrected chi connectivity index (χ0v) is 14.9. The van der Waals surface area contributed by atoms with E-state index in [1.807, 2.05) is 48.4 Å². The number of aromatic nitrogens is 2. The second-order valence-corrected chi connectivity index (χ2v) is 6.38. The van der Waals surface area contributed by atoms with E-state index in [9.17, 15) is 4.79 Å². The second kappa shape index (κ2) is 8.16. The number of hydrogen-bond acceptors (Lipinski definition) is 3. The molecule has 2 aromatic rings. The minimum absolute atomic E-state index is 0.0286. The van der Waals surface area contributed by atoms with Crippen LogP contribution < -0.4 is 5.32 Å². The second-order valence-electron chi connectivity index (χ2n) is 6.38. The number of nitrogens with one attached hydrogen (secondary N) is 2. The Balaban J connectivity index is 1.63. The topological polar surface area (TPSA) is 70.2 Å². The lowest BCUT2D eigenvalue weighted by molar-refractivity contribution is 0.0499. The molecular formula is C19H26N4O2. The number of ether oxygens (including phenoxy) is 1. The standard InChI is InChI=1S/C19H26N4O2/c1-3-16(22-19(24)23-11-9-15(25-2)10-12-23)18-20-13-17(21-18)14-7-5-4-6-8-14/h4-8,13,15-16H,3,9-12H2,1-2H3,(H,20,21)(H,22,24). The summed E-state index contributed by atoms with van der Waals surface area (Å²) in [5.41, 5.74) is 2.05. The van der Waals surface area contributed by atoms with Crippen LogP contribution in [0.3, 0.4) is 0 Å². The summed E-state index contributed by atoms with van der Waals surface area (Å²) in [5.74, 6) is 0.793. The molecule has 0 aliphatic carbocycles. The SMILES string of the molecule is CCC(NC(=O)N1CCC(OC)CC1)c1ncc(-c2ccccc2)[nH]1. The Kier molecular flexibility index (Phi) is 5.71. The Bertz CT molecular complexity index is 678. The average molecular weight is 342 g/mol.